The number of ether oxygens (including phenoxy) is 2. The van der Waals surface area contributed by atoms with Crippen molar-refractivity contribution in [3.63, 3.8) is 0 Å². The van der Waals surface area contributed by atoms with E-state index in [9.17, 15) is 0 Å². The van der Waals surface area contributed by atoms with Crippen molar-refractivity contribution in [3.8, 4) is 11.5 Å². The van der Waals surface area contributed by atoms with Gasteiger partial charge in [-0.25, -0.2) is 0 Å². The number of para-hydroxylation sites is 1. The Hall–Kier alpha value is -2.89. The first-order valence-corrected chi connectivity index (χ1v) is 12.2. The van der Waals surface area contributed by atoms with E-state index in [0.29, 0.717) is 12.5 Å². The fourth-order valence-corrected chi connectivity index (χ4v) is 4.29. The largest absolute Gasteiger partial charge is 0.497 e. The van der Waals surface area contributed by atoms with Gasteiger partial charge in [-0.1, -0.05) is 49.7 Å². The number of methoxy groups -OCH3 is 1. The Bertz CT molecular complexity index is 952. The maximum absolute atomic E-state index is 5.86. The van der Waals surface area contributed by atoms with E-state index in [1.807, 2.05) is 48.7 Å². The molecule has 0 saturated heterocycles. The van der Waals surface area contributed by atoms with Crippen molar-refractivity contribution >= 4 is 0 Å². The maximum atomic E-state index is 5.86. The Morgan fingerprint density at radius 2 is 1.65 bits per heavy atom. The Kier molecular flexibility index (Phi) is 10.4. The van der Waals surface area contributed by atoms with Crippen LogP contribution >= 0.6 is 0 Å². The normalized spacial score (nSPS) is 13.1. The Morgan fingerprint density at radius 3 is 2.35 bits per heavy atom. The van der Waals surface area contributed by atoms with E-state index in [-0.39, 0.29) is 6.04 Å². The molecule has 34 heavy (non-hydrogen) atoms. The number of hydrogen-bond acceptors (Lipinski definition) is 5. The number of rotatable bonds is 14. The van der Waals surface area contributed by atoms with Gasteiger partial charge in [0.05, 0.1) is 18.8 Å². The zero-order valence-corrected chi connectivity index (χ0v) is 21.1. The summed E-state index contributed by atoms with van der Waals surface area (Å²) in [7, 11) is 6.10. The van der Waals surface area contributed by atoms with Gasteiger partial charge in [-0.2, -0.15) is 0 Å². The molecule has 0 bridgehead atoms. The molecule has 0 spiro atoms. The molecule has 3 aromatic rings. The SMILES string of the molecule is CCC(CCN(C)CCOc1ccccc1)CN(C)C(c1cccc(OC)c1)c1ccccn1. The van der Waals surface area contributed by atoms with Crippen LogP contribution in [0.2, 0.25) is 0 Å². The van der Waals surface area contributed by atoms with Crippen LogP contribution in [0, 0.1) is 5.92 Å². The summed E-state index contributed by atoms with van der Waals surface area (Å²) in [6, 6.07) is 24.6. The van der Waals surface area contributed by atoms with Crippen LogP contribution in [0.25, 0.3) is 0 Å². The van der Waals surface area contributed by atoms with E-state index in [0.717, 1.165) is 49.7 Å². The first-order chi connectivity index (χ1) is 16.6. The van der Waals surface area contributed by atoms with Gasteiger partial charge in [0.1, 0.15) is 18.1 Å². The third-order valence-electron chi connectivity index (χ3n) is 6.35. The monoisotopic (exact) mass is 461 g/mol. The van der Waals surface area contributed by atoms with Crippen molar-refractivity contribution in [2.45, 2.75) is 25.8 Å². The van der Waals surface area contributed by atoms with Crippen LogP contribution in [-0.2, 0) is 0 Å². The van der Waals surface area contributed by atoms with Crippen molar-refractivity contribution in [2.24, 2.45) is 5.92 Å². The van der Waals surface area contributed by atoms with Crippen LogP contribution < -0.4 is 9.47 Å². The molecule has 0 saturated carbocycles. The van der Waals surface area contributed by atoms with Crippen LogP contribution in [0.5, 0.6) is 11.5 Å². The molecule has 1 aromatic heterocycles. The lowest BCUT2D eigenvalue weighted by Crippen LogP contribution is -2.33. The molecule has 0 fully saturated rings. The lowest BCUT2D eigenvalue weighted by Gasteiger charge is -2.32. The van der Waals surface area contributed by atoms with E-state index in [2.05, 4.69) is 61.2 Å². The Labute approximate surface area is 205 Å². The number of benzene rings is 2. The minimum Gasteiger partial charge on any atom is -0.497 e. The molecule has 5 heteroatoms. The summed E-state index contributed by atoms with van der Waals surface area (Å²) in [4.78, 5) is 9.49. The van der Waals surface area contributed by atoms with Gasteiger partial charge < -0.3 is 14.4 Å². The van der Waals surface area contributed by atoms with Crippen LogP contribution in [0.3, 0.4) is 0 Å². The highest BCUT2D eigenvalue weighted by atomic mass is 16.5. The second-order valence-corrected chi connectivity index (χ2v) is 8.90. The molecule has 182 valence electrons. The Morgan fingerprint density at radius 1 is 0.882 bits per heavy atom. The smallest absolute Gasteiger partial charge is 0.119 e. The molecule has 3 rings (SSSR count). The van der Waals surface area contributed by atoms with Gasteiger partial charge in [-0.3, -0.25) is 9.88 Å². The first kappa shape index (κ1) is 25.7. The summed E-state index contributed by atoms with van der Waals surface area (Å²) in [5, 5.41) is 0. The van der Waals surface area contributed by atoms with Gasteiger partial charge in [0.15, 0.2) is 0 Å². The van der Waals surface area contributed by atoms with E-state index >= 15 is 0 Å². The molecule has 1 heterocycles. The third kappa shape index (κ3) is 7.86. The van der Waals surface area contributed by atoms with Gasteiger partial charge in [-0.05, 0) is 74.9 Å². The van der Waals surface area contributed by atoms with Gasteiger partial charge in [0, 0.05) is 19.3 Å². The first-order valence-electron chi connectivity index (χ1n) is 12.2. The highest BCUT2D eigenvalue weighted by molar-refractivity contribution is 5.34. The van der Waals surface area contributed by atoms with Gasteiger partial charge in [-0.15, -0.1) is 0 Å². The van der Waals surface area contributed by atoms with Crippen molar-refractivity contribution in [1.29, 1.82) is 0 Å². The van der Waals surface area contributed by atoms with Crippen LogP contribution in [-0.4, -0.2) is 62.2 Å². The average Bonchev–Trinajstić information content (AvgIpc) is 2.88. The molecule has 0 aliphatic carbocycles. The minimum atomic E-state index is 0.0855. The molecule has 5 nitrogen and oxygen atoms in total. The number of nitrogens with zero attached hydrogens (tertiary/aromatic N) is 3. The van der Waals surface area contributed by atoms with Gasteiger partial charge in [0.2, 0.25) is 0 Å². The fraction of sp³-hybridized carbons (Fsp3) is 0.414. The van der Waals surface area contributed by atoms with Gasteiger partial charge in [0.25, 0.3) is 0 Å². The molecular formula is C29H39N3O2. The quantitative estimate of drug-likeness (QED) is 0.315. The summed E-state index contributed by atoms with van der Waals surface area (Å²) in [5.74, 6) is 2.40. The van der Waals surface area contributed by atoms with Crippen molar-refractivity contribution in [1.82, 2.24) is 14.8 Å². The van der Waals surface area contributed by atoms with E-state index in [1.165, 1.54) is 5.56 Å². The van der Waals surface area contributed by atoms with E-state index in [1.54, 1.807) is 7.11 Å². The predicted molar refractivity (Wildman–Crippen MR) is 140 cm³/mol. The highest BCUT2D eigenvalue weighted by Gasteiger charge is 2.23. The minimum absolute atomic E-state index is 0.0855. The molecule has 2 unspecified atom stereocenters. The molecule has 0 N–H and O–H groups in total. The number of pyridine rings is 1. The molecule has 0 radical (unpaired) electrons. The lowest BCUT2D eigenvalue weighted by molar-refractivity contribution is 0.192. The summed E-state index contributed by atoms with van der Waals surface area (Å²) >= 11 is 0. The van der Waals surface area contributed by atoms with Crippen LogP contribution in [0.1, 0.15) is 37.1 Å². The molecule has 2 aromatic carbocycles. The van der Waals surface area contributed by atoms with Crippen molar-refractivity contribution in [2.75, 3.05) is 47.4 Å². The second kappa shape index (κ2) is 13.7. The van der Waals surface area contributed by atoms with Crippen molar-refractivity contribution in [3.05, 3.63) is 90.3 Å². The van der Waals surface area contributed by atoms with Gasteiger partial charge >= 0.3 is 0 Å². The summed E-state index contributed by atoms with van der Waals surface area (Å²) in [5.41, 5.74) is 2.26. The average molecular weight is 462 g/mol. The summed E-state index contributed by atoms with van der Waals surface area (Å²) in [6.07, 6.45) is 4.17. The number of hydrogen-bond donors (Lipinski definition) is 0. The van der Waals surface area contributed by atoms with Crippen LogP contribution in [0.4, 0.5) is 0 Å². The Balaban J connectivity index is 1.57. The number of aromatic nitrogens is 1. The maximum Gasteiger partial charge on any atom is 0.119 e. The zero-order valence-electron chi connectivity index (χ0n) is 21.1. The van der Waals surface area contributed by atoms with Crippen LogP contribution in [0.15, 0.2) is 79.0 Å². The summed E-state index contributed by atoms with van der Waals surface area (Å²) < 4.78 is 11.3. The summed E-state index contributed by atoms with van der Waals surface area (Å²) in [6.45, 7) is 5.97. The van der Waals surface area contributed by atoms with Crippen molar-refractivity contribution < 1.29 is 9.47 Å². The molecule has 0 amide bonds. The fourth-order valence-electron chi connectivity index (χ4n) is 4.29. The second-order valence-electron chi connectivity index (χ2n) is 8.90. The third-order valence-corrected chi connectivity index (χ3v) is 6.35. The molecule has 2 atom stereocenters. The topological polar surface area (TPSA) is 37.8 Å². The predicted octanol–water partition coefficient (Wildman–Crippen LogP) is 5.54. The molecule has 0 aliphatic rings. The number of likely N-dealkylation sites (N-methyl/N-ethyl adjacent to an activating group) is 1. The molecular weight excluding hydrogens is 422 g/mol. The van der Waals surface area contributed by atoms with E-state index < -0.39 is 0 Å². The molecule has 0 aliphatic heterocycles. The highest BCUT2D eigenvalue weighted by Crippen LogP contribution is 2.30. The lowest BCUT2D eigenvalue weighted by atomic mass is 9.97. The standard InChI is InChI=1S/C29H39N3O2/c1-5-24(17-19-31(2)20-21-34-26-13-7-6-8-14-26)23-32(3)29(28-16-9-10-18-30-28)25-12-11-15-27(22-25)33-4/h6-16,18,22,24,29H,5,17,19-21,23H2,1-4H3. The van der Waals surface area contributed by atoms with E-state index in [4.69, 9.17) is 14.5 Å². The zero-order chi connectivity index (χ0) is 24.2.